The number of rotatable bonds is 5. The molecule has 1 aromatic carbocycles. The Kier molecular flexibility index (Phi) is 5.15. The van der Waals surface area contributed by atoms with Crippen LogP contribution in [-0.2, 0) is 6.42 Å². The van der Waals surface area contributed by atoms with E-state index >= 15 is 0 Å². The summed E-state index contributed by atoms with van der Waals surface area (Å²) in [6.07, 6.45) is -6.00. The molecule has 0 aliphatic carbocycles. The molecule has 0 unspecified atom stereocenters. The fourth-order valence-electron chi connectivity index (χ4n) is 1.12. The van der Waals surface area contributed by atoms with Gasteiger partial charge in [-0.2, -0.15) is 24.9 Å². The Hall–Kier alpha value is -0.680. The van der Waals surface area contributed by atoms with Gasteiger partial charge in [-0.15, -0.1) is 0 Å². The van der Waals surface area contributed by atoms with Crippen LogP contribution < -0.4 is 0 Å². The summed E-state index contributed by atoms with van der Waals surface area (Å²) < 4.78 is 35.8. The number of alkyl halides is 3. The summed E-state index contributed by atoms with van der Waals surface area (Å²) in [6, 6.07) is 9.54. The molecule has 0 saturated carbocycles. The topological polar surface area (TPSA) is 20.2 Å². The normalized spacial score (nSPS) is 13.8. The summed E-state index contributed by atoms with van der Waals surface area (Å²) in [4.78, 5) is 0. The van der Waals surface area contributed by atoms with Crippen LogP contribution in [0.4, 0.5) is 13.2 Å². The standard InChI is InChI=1S/C11H13F3OS/c12-11(13,14)10(15)8-16-7-6-9-4-2-1-3-5-9/h1-5,10,15H,6-8H2/t10-/m1/s1. The maximum Gasteiger partial charge on any atom is 0.415 e. The van der Waals surface area contributed by atoms with Crippen LogP contribution in [0.3, 0.4) is 0 Å². The van der Waals surface area contributed by atoms with Gasteiger partial charge in [0.05, 0.1) is 0 Å². The second-order valence-electron chi connectivity index (χ2n) is 3.37. The van der Waals surface area contributed by atoms with Gasteiger partial charge >= 0.3 is 6.18 Å². The van der Waals surface area contributed by atoms with Crippen LogP contribution in [-0.4, -0.2) is 28.9 Å². The number of aliphatic hydroxyl groups excluding tert-OH is 1. The molecule has 1 N–H and O–H groups in total. The quantitative estimate of drug-likeness (QED) is 0.811. The van der Waals surface area contributed by atoms with E-state index < -0.39 is 12.3 Å². The lowest BCUT2D eigenvalue weighted by molar-refractivity contribution is -0.195. The molecule has 0 heterocycles. The zero-order chi connectivity index (χ0) is 12.0. The molecule has 0 aromatic heterocycles. The SMILES string of the molecule is O[C@H](CSCCc1ccccc1)C(F)(F)F. The maximum atomic E-state index is 11.9. The lowest BCUT2D eigenvalue weighted by atomic mass is 10.2. The van der Waals surface area contributed by atoms with Crippen LogP contribution in [0.25, 0.3) is 0 Å². The third-order valence-electron chi connectivity index (χ3n) is 2.03. The van der Waals surface area contributed by atoms with E-state index in [-0.39, 0.29) is 5.75 Å². The number of aryl methyl sites for hydroxylation is 1. The predicted octanol–water partition coefficient (Wildman–Crippen LogP) is 2.89. The first kappa shape index (κ1) is 13.4. The first-order valence-corrected chi connectivity index (χ1v) is 6.02. The second-order valence-corrected chi connectivity index (χ2v) is 4.52. The van der Waals surface area contributed by atoms with Gasteiger partial charge in [-0.3, -0.25) is 0 Å². The van der Waals surface area contributed by atoms with E-state index in [4.69, 9.17) is 5.11 Å². The Balaban J connectivity index is 2.18. The number of hydrogen-bond acceptors (Lipinski definition) is 2. The lowest BCUT2D eigenvalue weighted by Crippen LogP contribution is -2.30. The highest BCUT2D eigenvalue weighted by Crippen LogP contribution is 2.23. The van der Waals surface area contributed by atoms with Crippen LogP contribution in [0, 0.1) is 0 Å². The van der Waals surface area contributed by atoms with E-state index in [0.29, 0.717) is 5.75 Å². The van der Waals surface area contributed by atoms with Crippen LogP contribution in [0.15, 0.2) is 30.3 Å². The van der Waals surface area contributed by atoms with Gasteiger partial charge in [-0.1, -0.05) is 30.3 Å². The van der Waals surface area contributed by atoms with Crippen molar-refractivity contribution in [2.75, 3.05) is 11.5 Å². The summed E-state index contributed by atoms with van der Waals surface area (Å²) in [5, 5.41) is 8.74. The molecule has 0 radical (unpaired) electrons. The van der Waals surface area contributed by atoms with E-state index in [0.717, 1.165) is 23.7 Å². The molecule has 90 valence electrons. The molecule has 5 heteroatoms. The monoisotopic (exact) mass is 250 g/mol. The average Bonchev–Trinajstić information content (AvgIpc) is 2.24. The Labute approximate surface area is 96.7 Å². The number of aliphatic hydroxyl groups is 1. The minimum Gasteiger partial charge on any atom is -0.383 e. The van der Waals surface area contributed by atoms with Gasteiger partial charge in [0, 0.05) is 5.75 Å². The van der Waals surface area contributed by atoms with E-state index in [9.17, 15) is 13.2 Å². The fourth-order valence-corrected chi connectivity index (χ4v) is 2.08. The van der Waals surface area contributed by atoms with Gasteiger partial charge in [0.25, 0.3) is 0 Å². The molecule has 0 aliphatic heterocycles. The van der Waals surface area contributed by atoms with Crippen LogP contribution >= 0.6 is 11.8 Å². The van der Waals surface area contributed by atoms with Crippen molar-refractivity contribution in [3.05, 3.63) is 35.9 Å². The molecule has 1 atom stereocenters. The Bertz CT molecular complexity index is 300. The number of hydrogen-bond donors (Lipinski definition) is 1. The summed E-state index contributed by atoms with van der Waals surface area (Å²) in [6.45, 7) is 0. The van der Waals surface area contributed by atoms with Crippen LogP contribution in [0.1, 0.15) is 5.56 Å². The molecule has 1 rings (SSSR count). The Morgan fingerprint density at radius 1 is 1.19 bits per heavy atom. The lowest BCUT2D eigenvalue weighted by Gasteiger charge is -2.13. The largest absolute Gasteiger partial charge is 0.415 e. The first-order valence-electron chi connectivity index (χ1n) is 4.86. The third kappa shape index (κ3) is 4.90. The zero-order valence-electron chi connectivity index (χ0n) is 8.57. The Morgan fingerprint density at radius 3 is 2.38 bits per heavy atom. The molecule has 0 fully saturated rings. The average molecular weight is 250 g/mol. The van der Waals surface area contributed by atoms with Crippen molar-refractivity contribution in [1.82, 2.24) is 0 Å². The molecule has 16 heavy (non-hydrogen) atoms. The summed E-state index contributed by atoms with van der Waals surface area (Å²) in [7, 11) is 0. The van der Waals surface area contributed by atoms with Gasteiger partial charge < -0.3 is 5.11 Å². The molecule has 1 nitrogen and oxygen atoms in total. The molecule has 0 spiro atoms. The molecule has 0 bridgehead atoms. The van der Waals surface area contributed by atoms with Gasteiger partial charge in [0.2, 0.25) is 0 Å². The number of thioether (sulfide) groups is 1. The molecule has 0 saturated heterocycles. The molecule has 0 aliphatic rings. The van der Waals surface area contributed by atoms with E-state index in [2.05, 4.69) is 0 Å². The van der Waals surface area contributed by atoms with Gasteiger partial charge in [0.15, 0.2) is 6.10 Å². The van der Waals surface area contributed by atoms with E-state index in [1.54, 1.807) is 0 Å². The summed E-state index contributed by atoms with van der Waals surface area (Å²) >= 11 is 1.11. The highest BCUT2D eigenvalue weighted by molar-refractivity contribution is 7.99. The maximum absolute atomic E-state index is 11.9. The van der Waals surface area contributed by atoms with Crippen molar-refractivity contribution in [1.29, 1.82) is 0 Å². The minimum absolute atomic E-state index is 0.295. The molecule has 0 amide bonds. The predicted molar refractivity (Wildman–Crippen MR) is 59.5 cm³/mol. The van der Waals surface area contributed by atoms with Crippen molar-refractivity contribution < 1.29 is 18.3 Å². The molecule has 1 aromatic rings. The van der Waals surface area contributed by atoms with Gasteiger partial charge in [-0.05, 0) is 17.7 Å². The van der Waals surface area contributed by atoms with Crippen molar-refractivity contribution in [3.8, 4) is 0 Å². The van der Waals surface area contributed by atoms with Crippen LogP contribution in [0.5, 0.6) is 0 Å². The smallest absolute Gasteiger partial charge is 0.383 e. The van der Waals surface area contributed by atoms with E-state index in [1.807, 2.05) is 30.3 Å². The second kappa shape index (κ2) is 6.15. The minimum atomic E-state index is -4.50. The van der Waals surface area contributed by atoms with Crippen molar-refractivity contribution >= 4 is 11.8 Å². The van der Waals surface area contributed by atoms with Gasteiger partial charge in [0.1, 0.15) is 0 Å². The Morgan fingerprint density at radius 2 is 1.81 bits per heavy atom. The number of benzene rings is 1. The third-order valence-corrected chi connectivity index (χ3v) is 3.08. The first-order chi connectivity index (χ1) is 7.50. The van der Waals surface area contributed by atoms with Crippen molar-refractivity contribution in [2.24, 2.45) is 0 Å². The van der Waals surface area contributed by atoms with Crippen molar-refractivity contribution in [3.63, 3.8) is 0 Å². The van der Waals surface area contributed by atoms with Crippen LogP contribution in [0.2, 0.25) is 0 Å². The molecular formula is C11H13F3OS. The summed E-state index contributed by atoms with van der Waals surface area (Å²) in [5.41, 5.74) is 1.09. The van der Waals surface area contributed by atoms with Crippen molar-refractivity contribution in [2.45, 2.75) is 18.7 Å². The fraction of sp³-hybridized carbons (Fsp3) is 0.455. The van der Waals surface area contributed by atoms with E-state index in [1.165, 1.54) is 0 Å². The molecular weight excluding hydrogens is 237 g/mol. The highest BCUT2D eigenvalue weighted by atomic mass is 32.2. The number of halogens is 3. The van der Waals surface area contributed by atoms with Gasteiger partial charge in [-0.25, -0.2) is 0 Å². The zero-order valence-corrected chi connectivity index (χ0v) is 9.39. The highest BCUT2D eigenvalue weighted by Gasteiger charge is 2.37. The summed E-state index contributed by atoms with van der Waals surface area (Å²) in [5.74, 6) is 0.285.